The summed E-state index contributed by atoms with van der Waals surface area (Å²) in [6.07, 6.45) is 2.25. The Morgan fingerprint density at radius 1 is 1.05 bits per heavy atom. The number of unbranched alkanes of at least 4 members (excludes halogenated alkanes) is 1. The molecule has 1 aliphatic heterocycles. The summed E-state index contributed by atoms with van der Waals surface area (Å²) < 4.78 is 13.1. The highest BCUT2D eigenvalue weighted by atomic mass is 79.9. The molecular formula is C30H33BrN2O4. The summed E-state index contributed by atoms with van der Waals surface area (Å²) in [5.74, 6) is 0.987. The van der Waals surface area contributed by atoms with E-state index in [4.69, 9.17) is 19.6 Å². The normalized spacial score (nSPS) is 18.7. The van der Waals surface area contributed by atoms with Gasteiger partial charge in [-0.3, -0.25) is 4.79 Å². The highest BCUT2D eigenvalue weighted by molar-refractivity contribution is 9.10. The third-order valence-corrected chi connectivity index (χ3v) is 6.86. The first-order valence-electron chi connectivity index (χ1n) is 12.7. The van der Waals surface area contributed by atoms with Gasteiger partial charge in [-0.05, 0) is 53.9 Å². The van der Waals surface area contributed by atoms with Gasteiger partial charge in [0.25, 0.3) is 5.91 Å². The van der Waals surface area contributed by atoms with Crippen molar-refractivity contribution in [3.63, 3.8) is 0 Å². The van der Waals surface area contributed by atoms with Crippen molar-refractivity contribution in [2.24, 2.45) is 4.99 Å². The summed E-state index contributed by atoms with van der Waals surface area (Å²) in [6, 6.07) is 25.3. The van der Waals surface area contributed by atoms with Crippen LogP contribution in [-0.2, 0) is 16.0 Å². The largest absolute Gasteiger partial charge is 0.494 e. The van der Waals surface area contributed by atoms with Crippen LogP contribution in [0.5, 0.6) is 5.75 Å². The van der Waals surface area contributed by atoms with Gasteiger partial charge in [-0.15, -0.1) is 0 Å². The van der Waals surface area contributed by atoms with Crippen molar-refractivity contribution in [3.05, 3.63) is 100 Å². The van der Waals surface area contributed by atoms with Gasteiger partial charge in [0.1, 0.15) is 5.75 Å². The summed E-state index contributed by atoms with van der Waals surface area (Å²) in [7, 11) is 0. The van der Waals surface area contributed by atoms with Gasteiger partial charge in [0.2, 0.25) is 5.90 Å². The fraction of sp³-hybridized carbons (Fsp3) is 0.333. The van der Waals surface area contributed by atoms with Crippen molar-refractivity contribution in [1.82, 2.24) is 5.32 Å². The Kier molecular flexibility index (Phi) is 9.36. The first kappa shape index (κ1) is 26.9. The van der Waals surface area contributed by atoms with Gasteiger partial charge in [-0.2, -0.15) is 0 Å². The van der Waals surface area contributed by atoms with Crippen LogP contribution in [0.1, 0.15) is 49.0 Å². The molecule has 0 bridgehead atoms. The van der Waals surface area contributed by atoms with Gasteiger partial charge in [0, 0.05) is 36.0 Å². The Bertz CT molecular complexity index is 1180. The molecule has 1 amide bonds. The monoisotopic (exact) mass is 564 g/mol. The van der Waals surface area contributed by atoms with Crippen molar-refractivity contribution >= 4 is 27.7 Å². The average Bonchev–Trinajstić information content (AvgIpc) is 3.30. The number of amides is 1. The number of hydrogen-bond donors (Lipinski definition) is 2. The minimum absolute atomic E-state index is 0.0873. The maximum absolute atomic E-state index is 13.9. The lowest BCUT2D eigenvalue weighted by atomic mass is 9.82. The topological polar surface area (TPSA) is 80.2 Å². The van der Waals surface area contributed by atoms with Crippen molar-refractivity contribution in [3.8, 4) is 5.75 Å². The number of carbonyl (C=O) groups is 1. The van der Waals surface area contributed by atoms with E-state index in [1.54, 1.807) is 0 Å². The second-order valence-electron chi connectivity index (χ2n) is 9.11. The fourth-order valence-corrected chi connectivity index (χ4v) is 4.62. The third-order valence-electron chi connectivity index (χ3n) is 6.34. The molecule has 0 aromatic heterocycles. The number of rotatable bonds is 12. The second kappa shape index (κ2) is 12.9. The summed E-state index contributed by atoms with van der Waals surface area (Å²) in [4.78, 5) is 19.0. The highest BCUT2D eigenvalue weighted by Crippen LogP contribution is 2.42. The van der Waals surface area contributed by atoms with E-state index in [0.717, 1.165) is 34.0 Å². The molecule has 3 aromatic carbocycles. The lowest BCUT2D eigenvalue weighted by Crippen LogP contribution is -2.50. The van der Waals surface area contributed by atoms with E-state index in [2.05, 4.69) is 28.2 Å². The molecule has 7 heteroatoms. The van der Waals surface area contributed by atoms with Crippen molar-refractivity contribution in [2.75, 3.05) is 19.8 Å². The third kappa shape index (κ3) is 6.59. The quantitative estimate of drug-likeness (QED) is 0.279. The Labute approximate surface area is 226 Å². The Hall–Kier alpha value is -3.16. The molecule has 0 spiro atoms. The molecule has 0 saturated carbocycles. The maximum atomic E-state index is 13.9. The maximum Gasteiger partial charge on any atom is 0.252 e. The molecule has 0 aliphatic carbocycles. The first-order chi connectivity index (χ1) is 18.1. The Morgan fingerprint density at radius 2 is 1.78 bits per heavy atom. The van der Waals surface area contributed by atoms with Crippen LogP contribution < -0.4 is 10.1 Å². The zero-order valence-electron chi connectivity index (χ0n) is 21.0. The van der Waals surface area contributed by atoms with E-state index < -0.39 is 11.6 Å². The van der Waals surface area contributed by atoms with Crippen LogP contribution >= 0.6 is 15.9 Å². The molecule has 3 aromatic rings. The van der Waals surface area contributed by atoms with Gasteiger partial charge in [-0.25, -0.2) is 4.99 Å². The molecule has 37 heavy (non-hydrogen) atoms. The van der Waals surface area contributed by atoms with Crippen molar-refractivity contribution in [2.45, 2.75) is 44.2 Å². The number of benzene rings is 3. The number of nitrogens with one attached hydrogen (secondary N) is 1. The first-order valence-corrected chi connectivity index (χ1v) is 13.5. The molecule has 6 nitrogen and oxygen atoms in total. The fourth-order valence-electron chi connectivity index (χ4n) is 4.36. The zero-order valence-corrected chi connectivity index (χ0v) is 22.6. The van der Waals surface area contributed by atoms with E-state index in [1.165, 1.54) is 0 Å². The number of halogens is 1. The van der Waals surface area contributed by atoms with E-state index in [9.17, 15) is 4.79 Å². The number of ether oxygens (including phenoxy) is 2. The predicted molar refractivity (Wildman–Crippen MR) is 149 cm³/mol. The van der Waals surface area contributed by atoms with Crippen LogP contribution in [0.25, 0.3) is 0 Å². The SMILES string of the molecule is CCCCNC(=O)[C@]1(Cc2ccccc2)N=C(c2ccc(OCCCO)cc2)O[C@@H]1c1ccc(Br)cc1. The van der Waals surface area contributed by atoms with Crippen LogP contribution in [-0.4, -0.2) is 42.2 Å². The van der Waals surface area contributed by atoms with Crippen LogP contribution in [0.4, 0.5) is 0 Å². The lowest BCUT2D eigenvalue weighted by molar-refractivity contribution is -0.128. The summed E-state index contributed by atoms with van der Waals surface area (Å²) in [6.45, 7) is 3.22. The molecule has 4 rings (SSSR count). The number of aliphatic hydroxyl groups is 1. The van der Waals surface area contributed by atoms with Gasteiger partial charge < -0.3 is 19.9 Å². The van der Waals surface area contributed by atoms with Crippen LogP contribution in [0, 0.1) is 0 Å². The number of aliphatic imine (C=N–C) groups is 1. The van der Waals surface area contributed by atoms with Crippen LogP contribution in [0.15, 0.2) is 88.3 Å². The van der Waals surface area contributed by atoms with Crippen LogP contribution in [0.2, 0.25) is 0 Å². The molecule has 2 N–H and O–H groups in total. The van der Waals surface area contributed by atoms with E-state index >= 15 is 0 Å². The van der Waals surface area contributed by atoms with E-state index in [-0.39, 0.29) is 12.5 Å². The summed E-state index contributed by atoms with van der Waals surface area (Å²) in [5, 5.41) is 12.1. The molecule has 1 heterocycles. The van der Waals surface area contributed by atoms with Crippen molar-refractivity contribution < 1.29 is 19.4 Å². The smallest absolute Gasteiger partial charge is 0.252 e. The second-order valence-corrected chi connectivity index (χ2v) is 10.0. The van der Waals surface area contributed by atoms with Gasteiger partial charge in [0.05, 0.1) is 6.61 Å². The summed E-state index contributed by atoms with van der Waals surface area (Å²) >= 11 is 3.51. The average molecular weight is 566 g/mol. The van der Waals surface area contributed by atoms with Gasteiger partial charge in [0.15, 0.2) is 11.6 Å². The molecule has 0 fully saturated rings. The number of nitrogens with zero attached hydrogens (tertiary/aromatic N) is 1. The molecule has 2 atom stereocenters. The zero-order chi connectivity index (χ0) is 26.1. The number of aliphatic hydroxyl groups excluding tert-OH is 1. The molecular weight excluding hydrogens is 532 g/mol. The molecule has 1 aliphatic rings. The highest BCUT2D eigenvalue weighted by Gasteiger charge is 2.53. The predicted octanol–water partition coefficient (Wildman–Crippen LogP) is 5.63. The Balaban J connectivity index is 1.74. The van der Waals surface area contributed by atoms with Crippen LogP contribution in [0.3, 0.4) is 0 Å². The molecule has 0 radical (unpaired) electrons. The van der Waals surface area contributed by atoms with E-state index in [0.29, 0.717) is 37.6 Å². The molecule has 194 valence electrons. The van der Waals surface area contributed by atoms with Crippen molar-refractivity contribution in [1.29, 1.82) is 0 Å². The minimum Gasteiger partial charge on any atom is -0.494 e. The summed E-state index contributed by atoms with van der Waals surface area (Å²) in [5.41, 5.74) is 1.49. The molecule has 0 saturated heterocycles. The number of hydrogen-bond acceptors (Lipinski definition) is 5. The standard InChI is InChI=1S/C30H33BrN2O4/c1-2-3-18-32-29(35)30(21-22-8-5-4-6-9-22)27(23-10-14-25(31)15-11-23)37-28(33-30)24-12-16-26(17-13-24)36-20-7-19-34/h4-6,8-17,27,34H,2-3,7,18-21H2,1H3,(H,32,35)/t27-,30-/m1/s1. The minimum atomic E-state index is -1.17. The van der Waals surface area contributed by atoms with Gasteiger partial charge >= 0.3 is 0 Å². The lowest BCUT2D eigenvalue weighted by Gasteiger charge is -2.31. The van der Waals surface area contributed by atoms with Gasteiger partial charge in [-0.1, -0.05) is 71.7 Å². The Morgan fingerprint density at radius 3 is 2.46 bits per heavy atom. The van der Waals surface area contributed by atoms with E-state index in [1.807, 2.05) is 78.9 Å². The molecule has 0 unspecified atom stereocenters. The number of carbonyl (C=O) groups excluding carboxylic acids is 1.